The van der Waals surface area contributed by atoms with Gasteiger partial charge in [-0.15, -0.1) is 5.92 Å². The molecule has 0 unspecified atom stereocenters. The van der Waals surface area contributed by atoms with Gasteiger partial charge in [-0.05, 0) is 46.5 Å². The molecule has 0 atom stereocenters. The first-order chi connectivity index (χ1) is 11.1. The van der Waals surface area contributed by atoms with Gasteiger partial charge in [-0.1, -0.05) is 5.92 Å². The van der Waals surface area contributed by atoms with Gasteiger partial charge in [0.2, 0.25) is 0 Å². The number of esters is 1. The molecule has 0 bridgehead atoms. The lowest BCUT2D eigenvalue weighted by molar-refractivity contribution is -0.153. The fourth-order valence-corrected chi connectivity index (χ4v) is 2.89. The van der Waals surface area contributed by atoms with E-state index in [2.05, 4.69) is 21.3 Å². The van der Waals surface area contributed by atoms with Gasteiger partial charge in [0, 0.05) is 18.4 Å². The Bertz CT molecular complexity index is 560. The van der Waals surface area contributed by atoms with Crippen LogP contribution in [0.1, 0.15) is 52.9 Å². The largest absolute Gasteiger partial charge is 0.459 e. The average molecular weight is 359 g/mol. The van der Waals surface area contributed by atoms with Gasteiger partial charge >= 0.3 is 5.97 Å². The van der Waals surface area contributed by atoms with Crippen LogP contribution in [-0.4, -0.2) is 45.4 Å². The van der Waals surface area contributed by atoms with Crippen molar-refractivity contribution in [3.8, 4) is 11.8 Å². The molecule has 7 heteroatoms. The molecule has 1 rings (SSSR count). The highest BCUT2D eigenvalue weighted by molar-refractivity contribution is 7.85. The van der Waals surface area contributed by atoms with Crippen LogP contribution < -0.4 is 5.32 Å². The van der Waals surface area contributed by atoms with Crippen molar-refractivity contribution in [1.29, 1.82) is 0 Å². The molecule has 1 fully saturated rings. The van der Waals surface area contributed by atoms with Gasteiger partial charge in [-0.3, -0.25) is 8.98 Å². The third-order valence-corrected chi connectivity index (χ3v) is 4.11. The van der Waals surface area contributed by atoms with Crippen molar-refractivity contribution in [1.82, 2.24) is 5.32 Å². The number of hydrogen-bond acceptors (Lipinski definition) is 6. The summed E-state index contributed by atoms with van der Waals surface area (Å²) in [4.78, 5) is 11.7. The lowest BCUT2D eigenvalue weighted by atomic mass is 9.86. The van der Waals surface area contributed by atoms with E-state index < -0.39 is 15.7 Å². The van der Waals surface area contributed by atoms with Crippen LogP contribution in [0.2, 0.25) is 0 Å². The summed E-state index contributed by atoms with van der Waals surface area (Å²) in [6, 6.07) is 0.323. The lowest BCUT2D eigenvalue weighted by Gasteiger charge is -2.27. The third kappa shape index (κ3) is 10.6. The standard InChI is InChI=1S/C17H29NO5S/c1-17(2,3)23-16(19)13-18-15-10-8-14(9-11-15)7-5-6-12-22-24(4,20)21/h14-15,18H,6,8-13H2,1-4H3. The van der Waals surface area contributed by atoms with Crippen LogP contribution in [0.15, 0.2) is 0 Å². The highest BCUT2D eigenvalue weighted by Gasteiger charge is 2.21. The molecule has 1 saturated carbocycles. The van der Waals surface area contributed by atoms with E-state index in [-0.39, 0.29) is 19.1 Å². The van der Waals surface area contributed by atoms with Gasteiger partial charge in [-0.2, -0.15) is 8.42 Å². The monoisotopic (exact) mass is 359 g/mol. The molecular formula is C17H29NO5S. The van der Waals surface area contributed by atoms with E-state index in [9.17, 15) is 13.2 Å². The summed E-state index contributed by atoms with van der Waals surface area (Å²) in [5.74, 6) is 6.27. The number of rotatable bonds is 6. The first kappa shape index (κ1) is 20.9. The second kappa shape index (κ2) is 9.40. The van der Waals surface area contributed by atoms with Crippen molar-refractivity contribution in [2.45, 2.75) is 64.5 Å². The predicted octanol–water partition coefficient (Wildman–Crippen LogP) is 1.85. The van der Waals surface area contributed by atoms with Crippen LogP contribution >= 0.6 is 0 Å². The second-order valence-electron chi connectivity index (χ2n) is 7.11. The van der Waals surface area contributed by atoms with Crippen molar-refractivity contribution >= 4 is 16.1 Å². The van der Waals surface area contributed by atoms with Crippen LogP contribution in [0.4, 0.5) is 0 Å². The fraction of sp³-hybridized carbons (Fsp3) is 0.824. The molecule has 0 spiro atoms. The van der Waals surface area contributed by atoms with Crippen molar-refractivity contribution < 1.29 is 22.1 Å². The molecule has 24 heavy (non-hydrogen) atoms. The van der Waals surface area contributed by atoms with Gasteiger partial charge in [0.05, 0.1) is 19.4 Å². The zero-order chi connectivity index (χ0) is 18.2. The quantitative estimate of drug-likeness (QED) is 0.337. The third-order valence-electron chi connectivity index (χ3n) is 3.51. The van der Waals surface area contributed by atoms with Gasteiger partial charge in [0.1, 0.15) is 5.60 Å². The molecule has 6 nitrogen and oxygen atoms in total. The number of ether oxygens (including phenoxy) is 1. The Labute approximate surface area is 145 Å². The Balaban J connectivity index is 2.19. The highest BCUT2D eigenvalue weighted by atomic mass is 32.2. The second-order valence-corrected chi connectivity index (χ2v) is 8.76. The van der Waals surface area contributed by atoms with Crippen LogP contribution in [0.25, 0.3) is 0 Å². The summed E-state index contributed by atoms with van der Waals surface area (Å²) in [5, 5.41) is 3.25. The molecule has 0 amide bonds. The molecule has 0 radical (unpaired) electrons. The van der Waals surface area contributed by atoms with Gasteiger partial charge in [-0.25, -0.2) is 0 Å². The average Bonchev–Trinajstić information content (AvgIpc) is 2.43. The maximum atomic E-state index is 11.7. The molecule has 0 saturated heterocycles. The van der Waals surface area contributed by atoms with Crippen LogP contribution in [-0.2, 0) is 23.8 Å². The Morgan fingerprint density at radius 3 is 2.38 bits per heavy atom. The van der Waals surface area contributed by atoms with E-state index in [1.807, 2.05) is 20.8 Å². The molecule has 1 N–H and O–H groups in total. The maximum absolute atomic E-state index is 11.7. The van der Waals surface area contributed by atoms with Crippen LogP contribution in [0.5, 0.6) is 0 Å². The summed E-state index contributed by atoms with van der Waals surface area (Å²) in [6.07, 6.45) is 5.36. The van der Waals surface area contributed by atoms with E-state index in [0.29, 0.717) is 18.4 Å². The molecule has 0 aromatic rings. The van der Waals surface area contributed by atoms with Crippen LogP contribution in [0, 0.1) is 17.8 Å². The smallest absolute Gasteiger partial charge is 0.320 e. The molecule has 0 aromatic carbocycles. The zero-order valence-corrected chi connectivity index (χ0v) is 15.9. The summed E-state index contributed by atoms with van der Waals surface area (Å²) < 4.78 is 31.5. The van der Waals surface area contributed by atoms with Gasteiger partial charge in [0.25, 0.3) is 10.1 Å². The zero-order valence-electron chi connectivity index (χ0n) is 15.1. The fourth-order valence-electron chi connectivity index (χ4n) is 2.51. The van der Waals surface area contributed by atoms with E-state index in [1.54, 1.807) is 0 Å². The molecule has 0 heterocycles. The summed E-state index contributed by atoms with van der Waals surface area (Å²) in [5.41, 5.74) is -0.452. The number of nitrogens with one attached hydrogen (secondary N) is 1. The van der Waals surface area contributed by atoms with E-state index >= 15 is 0 Å². The van der Waals surface area contributed by atoms with Crippen molar-refractivity contribution in [3.63, 3.8) is 0 Å². The molecular weight excluding hydrogens is 330 g/mol. The first-order valence-electron chi connectivity index (χ1n) is 8.33. The Hall–Kier alpha value is -1.10. The minimum Gasteiger partial charge on any atom is -0.459 e. The summed E-state index contributed by atoms with van der Waals surface area (Å²) >= 11 is 0. The van der Waals surface area contributed by atoms with Crippen molar-refractivity contribution in [2.75, 3.05) is 19.4 Å². The Morgan fingerprint density at radius 1 is 1.21 bits per heavy atom. The Kier molecular flexibility index (Phi) is 8.20. The van der Waals surface area contributed by atoms with Gasteiger partial charge < -0.3 is 10.1 Å². The minimum atomic E-state index is -3.38. The van der Waals surface area contributed by atoms with E-state index in [1.165, 1.54) is 0 Å². The Morgan fingerprint density at radius 2 is 1.83 bits per heavy atom. The lowest BCUT2D eigenvalue weighted by Crippen LogP contribution is -2.39. The van der Waals surface area contributed by atoms with Gasteiger partial charge in [0.15, 0.2) is 0 Å². The summed E-state index contributed by atoms with van der Waals surface area (Å²) in [6.45, 7) is 5.92. The normalized spacial score (nSPS) is 21.7. The predicted molar refractivity (Wildman–Crippen MR) is 92.8 cm³/mol. The summed E-state index contributed by atoms with van der Waals surface area (Å²) in [7, 11) is -3.38. The minimum absolute atomic E-state index is 0.110. The molecule has 1 aliphatic rings. The molecule has 138 valence electrons. The maximum Gasteiger partial charge on any atom is 0.320 e. The SMILES string of the molecule is CC(C)(C)OC(=O)CNC1CCC(C#CCCOS(C)(=O)=O)CC1. The van der Waals surface area contributed by atoms with Crippen LogP contribution in [0.3, 0.4) is 0 Å². The number of carbonyl (C=O) groups is 1. The van der Waals surface area contributed by atoms with E-state index in [4.69, 9.17) is 4.74 Å². The van der Waals surface area contributed by atoms with Crippen molar-refractivity contribution in [2.24, 2.45) is 5.92 Å². The highest BCUT2D eigenvalue weighted by Crippen LogP contribution is 2.23. The van der Waals surface area contributed by atoms with E-state index in [0.717, 1.165) is 31.9 Å². The number of carbonyl (C=O) groups excluding carboxylic acids is 1. The van der Waals surface area contributed by atoms with Crippen molar-refractivity contribution in [3.05, 3.63) is 0 Å². The molecule has 0 aliphatic heterocycles. The molecule has 0 aromatic heterocycles. The topological polar surface area (TPSA) is 81.7 Å². The number of hydrogen-bond donors (Lipinski definition) is 1. The molecule has 1 aliphatic carbocycles. The first-order valence-corrected chi connectivity index (χ1v) is 10.1.